The van der Waals surface area contributed by atoms with Crippen molar-refractivity contribution in [3.05, 3.63) is 64.7 Å². The number of benzene rings is 1. The van der Waals surface area contributed by atoms with Gasteiger partial charge >= 0.3 is 0 Å². The number of hydrogen-bond acceptors (Lipinski definition) is 3. The summed E-state index contributed by atoms with van der Waals surface area (Å²) in [5.74, 6) is 2.38. The van der Waals surface area contributed by atoms with Crippen LogP contribution in [0.5, 0.6) is 0 Å². The van der Waals surface area contributed by atoms with Gasteiger partial charge in [0.05, 0.1) is 22.6 Å². The molecule has 172 valence electrons. The lowest BCUT2D eigenvalue weighted by molar-refractivity contribution is -0.00770. The molecular weight excluding hydrogens is 410 g/mol. The van der Waals surface area contributed by atoms with E-state index < -0.39 is 0 Å². The summed E-state index contributed by atoms with van der Waals surface area (Å²) in [6, 6.07) is 10.2. The Kier molecular flexibility index (Phi) is 4.75. The quantitative estimate of drug-likeness (QED) is 0.626. The molecule has 4 aliphatic rings. The van der Waals surface area contributed by atoms with E-state index in [1.54, 1.807) is 0 Å². The third-order valence-corrected chi connectivity index (χ3v) is 8.60. The van der Waals surface area contributed by atoms with Crippen molar-refractivity contribution in [1.82, 2.24) is 24.9 Å². The van der Waals surface area contributed by atoms with Crippen LogP contribution in [-0.2, 0) is 19.0 Å². The maximum absolute atomic E-state index is 13.6. The zero-order valence-corrected chi connectivity index (χ0v) is 19.8. The first-order chi connectivity index (χ1) is 15.9. The van der Waals surface area contributed by atoms with Gasteiger partial charge in [-0.05, 0) is 82.3 Å². The summed E-state index contributed by atoms with van der Waals surface area (Å²) in [5, 5.41) is 12.8. The molecule has 2 aromatic heterocycles. The Morgan fingerprint density at radius 3 is 2.24 bits per heavy atom. The van der Waals surface area contributed by atoms with Crippen LogP contribution in [0.4, 0.5) is 0 Å². The molecular formula is C27H33N5O. The number of para-hydroxylation sites is 1. The molecule has 7 rings (SSSR count). The molecule has 1 N–H and O–H groups in total. The largest absolute Gasteiger partial charge is 0.348 e. The van der Waals surface area contributed by atoms with Crippen molar-refractivity contribution in [1.29, 1.82) is 0 Å². The van der Waals surface area contributed by atoms with Gasteiger partial charge in [-0.2, -0.15) is 10.2 Å². The number of aryl methyl sites for hydroxylation is 2. The summed E-state index contributed by atoms with van der Waals surface area (Å²) in [6.45, 7) is 4.54. The van der Waals surface area contributed by atoms with E-state index >= 15 is 0 Å². The second-order valence-corrected chi connectivity index (χ2v) is 10.8. The van der Waals surface area contributed by atoms with Gasteiger partial charge in [0.1, 0.15) is 0 Å². The van der Waals surface area contributed by atoms with Crippen LogP contribution in [-0.4, -0.2) is 25.5 Å². The Labute approximate surface area is 195 Å². The Balaban J connectivity index is 1.37. The molecule has 0 saturated heterocycles. The number of nitrogens with zero attached hydrogens (tertiary/aromatic N) is 4. The lowest BCUT2D eigenvalue weighted by Crippen LogP contribution is -2.49. The smallest absolute Gasteiger partial charge is 0.255 e. The minimum Gasteiger partial charge on any atom is -0.348 e. The molecule has 4 fully saturated rings. The van der Waals surface area contributed by atoms with Crippen molar-refractivity contribution in [2.75, 3.05) is 0 Å². The van der Waals surface area contributed by atoms with E-state index in [4.69, 9.17) is 5.10 Å². The molecule has 33 heavy (non-hydrogen) atoms. The normalized spacial score (nSPS) is 27.8. The molecule has 4 aliphatic carbocycles. The zero-order valence-electron chi connectivity index (χ0n) is 19.8. The molecule has 3 aromatic rings. The zero-order chi connectivity index (χ0) is 22.7. The second kappa shape index (κ2) is 7.57. The summed E-state index contributed by atoms with van der Waals surface area (Å²) in [6.07, 6.45) is 9.64. The Morgan fingerprint density at radius 1 is 1.03 bits per heavy atom. The highest BCUT2D eigenvalue weighted by Gasteiger charge is 2.53. The number of aromatic nitrogens is 4. The molecule has 1 amide bonds. The van der Waals surface area contributed by atoms with E-state index in [0.29, 0.717) is 6.54 Å². The van der Waals surface area contributed by atoms with Gasteiger partial charge in [-0.15, -0.1) is 0 Å². The van der Waals surface area contributed by atoms with Crippen LogP contribution >= 0.6 is 0 Å². The van der Waals surface area contributed by atoms with Crippen LogP contribution in [0.3, 0.4) is 0 Å². The number of carbonyl (C=O) groups excluding carboxylic acids is 1. The molecule has 1 aromatic carbocycles. The lowest BCUT2D eigenvalue weighted by Gasteiger charge is -2.56. The third kappa shape index (κ3) is 3.42. The maximum Gasteiger partial charge on any atom is 0.255 e. The van der Waals surface area contributed by atoms with Crippen LogP contribution in [0.15, 0.2) is 36.5 Å². The fourth-order valence-electron chi connectivity index (χ4n) is 7.38. The standard InChI is InChI=1S/C27H33N5O/c1-17-23(18(2)31(3)29-17)15-28-26(33)24-16-32(22-7-5-4-6-8-22)30-25(24)27-12-19-9-20(13-27)11-21(10-19)14-27/h4-8,16,19-21H,9-15H2,1-3H3,(H,28,33). The van der Waals surface area contributed by atoms with Gasteiger partial charge in [-0.25, -0.2) is 4.68 Å². The summed E-state index contributed by atoms with van der Waals surface area (Å²) >= 11 is 0. The van der Waals surface area contributed by atoms with Gasteiger partial charge in [0.2, 0.25) is 0 Å². The highest BCUT2D eigenvalue weighted by Crippen LogP contribution is 2.60. The molecule has 6 nitrogen and oxygen atoms in total. The van der Waals surface area contributed by atoms with Gasteiger partial charge in [0.15, 0.2) is 0 Å². The molecule has 0 radical (unpaired) electrons. The topological polar surface area (TPSA) is 64.7 Å². The van der Waals surface area contributed by atoms with E-state index in [1.807, 2.05) is 47.7 Å². The van der Waals surface area contributed by atoms with Crippen LogP contribution < -0.4 is 5.32 Å². The minimum atomic E-state index is -0.0226. The van der Waals surface area contributed by atoms with Gasteiger partial charge in [0.25, 0.3) is 5.91 Å². The monoisotopic (exact) mass is 443 g/mol. The molecule has 2 heterocycles. The van der Waals surface area contributed by atoms with E-state index in [2.05, 4.69) is 29.5 Å². The van der Waals surface area contributed by atoms with Crippen LogP contribution in [0.1, 0.15) is 71.5 Å². The molecule has 0 aliphatic heterocycles. The van der Waals surface area contributed by atoms with Gasteiger partial charge in [-0.3, -0.25) is 9.48 Å². The molecule has 4 saturated carbocycles. The fourth-order valence-corrected chi connectivity index (χ4v) is 7.38. The van der Waals surface area contributed by atoms with E-state index in [9.17, 15) is 4.79 Å². The summed E-state index contributed by atoms with van der Waals surface area (Å²) < 4.78 is 3.80. The molecule has 0 unspecified atom stereocenters. The maximum atomic E-state index is 13.6. The first-order valence-electron chi connectivity index (χ1n) is 12.3. The first-order valence-corrected chi connectivity index (χ1v) is 12.3. The summed E-state index contributed by atoms with van der Waals surface area (Å²) in [5.41, 5.74) is 5.99. The molecule has 0 atom stereocenters. The number of nitrogens with one attached hydrogen (secondary N) is 1. The highest BCUT2D eigenvalue weighted by atomic mass is 16.1. The van der Waals surface area contributed by atoms with Gasteiger partial charge in [-0.1, -0.05) is 18.2 Å². The van der Waals surface area contributed by atoms with Crippen molar-refractivity contribution in [2.24, 2.45) is 24.8 Å². The van der Waals surface area contributed by atoms with E-state index in [0.717, 1.165) is 51.6 Å². The van der Waals surface area contributed by atoms with Crippen LogP contribution in [0.25, 0.3) is 5.69 Å². The fraction of sp³-hybridized carbons (Fsp3) is 0.519. The Morgan fingerprint density at radius 2 is 1.67 bits per heavy atom. The van der Waals surface area contributed by atoms with Crippen LogP contribution in [0, 0.1) is 31.6 Å². The van der Waals surface area contributed by atoms with Crippen molar-refractivity contribution in [3.63, 3.8) is 0 Å². The predicted octanol–water partition coefficient (Wildman–Crippen LogP) is 4.62. The van der Waals surface area contributed by atoms with Gasteiger partial charge < -0.3 is 5.32 Å². The number of carbonyl (C=O) groups is 1. The summed E-state index contributed by atoms with van der Waals surface area (Å²) in [7, 11) is 1.95. The van der Waals surface area contributed by atoms with Crippen molar-refractivity contribution in [2.45, 2.75) is 64.3 Å². The average Bonchev–Trinajstić information content (AvgIpc) is 3.34. The minimum absolute atomic E-state index is 0.0226. The number of amides is 1. The average molecular weight is 444 g/mol. The SMILES string of the molecule is Cc1nn(C)c(C)c1CNC(=O)c1cn(-c2ccccc2)nc1C12CC3CC(CC(C3)C1)C2. The Hall–Kier alpha value is -2.89. The van der Waals surface area contributed by atoms with Gasteiger partial charge in [0, 0.05) is 36.5 Å². The van der Waals surface area contributed by atoms with Crippen LogP contribution in [0.2, 0.25) is 0 Å². The number of hydrogen-bond donors (Lipinski definition) is 1. The highest BCUT2D eigenvalue weighted by molar-refractivity contribution is 5.95. The molecule has 4 bridgehead atoms. The number of rotatable bonds is 5. The molecule has 6 heteroatoms. The third-order valence-electron chi connectivity index (χ3n) is 8.60. The van der Waals surface area contributed by atoms with E-state index in [1.165, 1.54) is 38.5 Å². The van der Waals surface area contributed by atoms with Crippen molar-refractivity contribution < 1.29 is 4.79 Å². The lowest BCUT2D eigenvalue weighted by atomic mass is 9.48. The van der Waals surface area contributed by atoms with Crippen molar-refractivity contribution in [3.8, 4) is 5.69 Å². The molecule has 0 spiro atoms. The van der Waals surface area contributed by atoms with Crippen molar-refractivity contribution >= 4 is 5.91 Å². The van der Waals surface area contributed by atoms with E-state index in [-0.39, 0.29) is 11.3 Å². The first kappa shape index (κ1) is 20.7. The Bertz CT molecular complexity index is 1170. The summed E-state index contributed by atoms with van der Waals surface area (Å²) in [4.78, 5) is 13.6. The second-order valence-electron chi connectivity index (χ2n) is 10.8. The predicted molar refractivity (Wildman–Crippen MR) is 127 cm³/mol.